The van der Waals surface area contributed by atoms with Gasteiger partial charge >= 0.3 is 12.0 Å². The van der Waals surface area contributed by atoms with E-state index in [4.69, 9.17) is 9.84 Å². The fourth-order valence-corrected chi connectivity index (χ4v) is 3.01. The molecule has 7 heteroatoms. The van der Waals surface area contributed by atoms with Gasteiger partial charge in [0.05, 0.1) is 18.7 Å². The zero-order valence-electron chi connectivity index (χ0n) is 15.1. The average molecular weight is 349 g/mol. The Kier molecular flexibility index (Phi) is 6.50. The van der Waals surface area contributed by atoms with Gasteiger partial charge in [-0.05, 0) is 25.0 Å². The number of methoxy groups -OCH3 is 1. The normalized spacial score (nSPS) is 16.2. The number of para-hydroxylation sites is 2. The quantitative estimate of drug-likeness (QED) is 0.821. The third kappa shape index (κ3) is 5.01. The first-order valence-corrected chi connectivity index (χ1v) is 8.54. The zero-order valence-corrected chi connectivity index (χ0v) is 15.1. The molecular weight excluding hydrogens is 322 g/mol. The van der Waals surface area contributed by atoms with Gasteiger partial charge in [0, 0.05) is 32.7 Å². The molecule has 1 fully saturated rings. The fourth-order valence-electron chi connectivity index (χ4n) is 3.01. The van der Waals surface area contributed by atoms with Crippen molar-refractivity contribution in [1.29, 1.82) is 0 Å². The highest BCUT2D eigenvalue weighted by atomic mass is 16.5. The molecule has 1 aromatic carbocycles. The molecule has 0 saturated carbocycles. The molecule has 1 atom stereocenters. The Hall–Kier alpha value is -2.44. The van der Waals surface area contributed by atoms with Gasteiger partial charge in [-0.1, -0.05) is 19.1 Å². The molecule has 1 unspecified atom stereocenters. The van der Waals surface area contributed by atoms with Crippen molar-refractivity contribution in [2.45, 2.75) is 25.8 Å². The molecule has 25 heavy (non-hydrogen) atoms. The minimum atomic E-state index is -0.898. The van der Waals surface area contributed by atoms with Crippen LogP contribution in [-0.4, -0.2) is 61.8 Å². The molecule has 2 N–H and O–H groups in total. The Bertz CT molecular complexity index is 600. The molecule has 0 bridgehead atoms. The summed E-state index contributed by atoms with van der Waals surface area (Å²) >= 11 is 0. The highest BCUT2D eigenvalue weighted by Gasteiger charge is 2.24. The van der Waals surface area contributed by atoms with Crippen molar-refractivity contribution in [1.82, 2.24) is 10.2 Å². The lowest BCUT2D eigenvalue weighted by molar-refractivity contribution is -0.141. The second-order valence-electron chi connectivity index (χ2n) is 6.50. The number of nitrogens with one attached hydrogen (secondary N) is 1. The van der Waals surface area contributed by atoms with Gasteiger partial charge in [-0.2, -0.15) is 0 Å². The van der Waals surface area contributed by atoms with Crippen LogP contribution in [0.1, 0.15) is 19.8 Å². The summed E-state index contributed by atoms with van der Waals surface area (Å²) in [6.45, 7) is 3.46. The number of amides is 2. The number of hydrogen-bond donors (Lipinski definition) is 2. The van der Waals surface area contributed by atoms with E-state index in [0.29, 0.717) is 0 Å². The largest absolute Gasteiger partial charge is 0.495 e. The summed E-state index contributed by atoms with van der Waals surface area (Å²) < 4.78 is 5.41. The van der Waals surface area contributed by atoms with E-state index in [0.717, 1.165) is 37.4 Å². The van der Waals surface area contributed by atoms with E-state index in [-0.39, 0.29) is 18.6 Å². The van der Waals surface area contributed by atoms with Crippen molar-refractivity contribution >= 4 is 17.7 Å². The molecule has 0 aliphatic carbocycles. The minimum Gasteiger partial charge on any atom is -0.495 e. The number of urea groups is 1. The number of carbonyl (C=O) groups excluding carboxylic acids is 1. The zero-order chi connectivity index (χ0) is 18.4. The Morgan fingerprint density at radius 2 is 2.00 bits per heavy atom. The Morgan fingerprint density at radius 3 is 2.60 bits per heavy atom. The lowest BCUT2D eigenvalue weighted by Gasteiger charge is -2.35. The molecule has 138 valence electrons. The van der Waals surface area contributed by atoms with Crippen molar-refractivity contribution < 1.29 is 19.4 Å². The highest BCUT2D eigenvalue weighted by Crippen LogP contribution is 2.29. The summed E-state index contributed by atoms with van der Waals surface area (Å²) in [5.41, 5.74) is 1.07. The monoisotopic (exact) mass is 349 g/mol. The van der Waals surface area contributed by atoms with Crippen LogP contribution in [0, 0.1) is 5.92 Å². The first-order chi connectivity index (χ1) is 11.9. The predicted octanol–water partition coefficient (Wildman–Crippen LogP) is 2.03. The molecule has 1 saturated heterocycles. The molecule has 1 aliphatic heterocycles. The van der Waals surface area contributed by atoms with Crippen LogP contribution in [0.4, 0.5) is 10.5 Å². The summed E-state index contributed by atoms with van der Waals surface area (Å²) in [6.07, 6.45) is 1.68. The number of benzene rings is 1. The van der Waals surface area contributed by atoms with Gasteiger partial charge in [0.1, 0.15) is 5.75 Å². The third-order valence-corrected chi connectivity index (χ3v) is 4.56. The number of piperidine rings is 1. The Morgan fingerprint density at radius 1 is 1.36 bits per heavy atom. The number of nitrogens with zero attached hydrogens (tertiary/aromatic N) is 2. The van der Waals surface area contributed by atoms with Gasteiger partial charge < -0.3 is 25.0 Å². The molecule has 2 amide bonds. The first kappa shape index (κ1) is 18.9. The van der Waals surface area contributed by atoms with E-state index < -0.39 is 11.9 Å². The van der Waals surface area contributed by atoms with Gasteiger partial charge in [0.25, 0.3) is 0 Å². The van der Waals surface area contributed by atoms with E-state index in [1.54, 1.807) is 21.1 Å². The van der Waals surface area contributed by atoms with Gasteiger partial charge in [0.2, 0.25) is 0 Å². The number of ether oxygens (including phenoxy) is 1. The van der Waals surface area contributed by atoms with Crippen LogP contribution in [0.5, 0.6) is 5.75 Å². The molecular formula is C18H27N3O4. The number of aliphatic carboxylic acids is 1. The number of carboxylic acids is 1. The lowest BCUT2D eigenvalue weighted by Crippen LogP contribution is -2.49. The number of carboxylic acid groups (broad SMARTS) is 1. The number of anilines is 1. The van der Waals surface area contributed by atoms with Crippen LogP contribution < -0.4 is 15.0 Å². The maximum Gasteiger partial charge on any atom is 0.317 e. The highest BCUT2D eigenvalue weighted by molar-refractivity contribution is 5.76. The first-order valence-electron chi connectivity index (χ1n) is 8.54. The van der Waals surface area contributed by atoms with Crippen LogP contribution in [0.2, 0.25) is 0 Å². The standard InChI is InChI=1S/C18H27N3O4/c1-13(17(22)23)12-20(2)18(24)19-14-8-10-21(11-9-14)15-6-4-5-7-16(15)25-3/h4-7,13-14H,8-12H2,1-3H3,(H,19,24)(H,22,23). The van der Waals surface area contributed by atoms with Crippen molar-refractivity contribution in [3.05, 3.63) is 24.3 Å². The van der Waals surface area contributed by atoms with Crippen LogP contribution in [-0.2, 0) is 4.79 Å². The molecule has 1 aliphatic rings. The maximum atomic E-state index is 12.2. The second-order valence-corrected chi connectivity index (χ2v) is 6.50. The SMILES string of the molecule is COc1ccccc1N1CCC(NC(=O)N(C)CC(C)C(=O)O)CC1. The van der Waals surface area contributed by atoms with Gasteiger partial charge in [-0.3, -0.25) is 4.79 Å². The van der Waals surface area contributed by atoms with E-state index in [1.807, 2.05) is 24.3 Å². The molecule has 1 heterocycles. The summed E-state index contributed by atoms with van der Waals surface area (Å²) in [5, 5.41) is 11.9. The molecule has 0 radical (unpaired) electrons. The van der Waals surface area contributed by atoms with Crippen LogP contribution >= 0.6 is 0 Å². The van der Waals surface area contributed by atoms with Crippen LogP contribution in [0.25, 0.3) is 0 Å². The van der Waals surface area contributed by atoms with Crippen molar-refractivity contribution in [3.63, 3.8) is 0 Å². The third-order valence-electron chi connectivity index (χ3n) is 4.56. The van der Waals surface area contributed by atoms with Crippen molar-refractivity contribution in [3.8, 4) is 5.75 Å². The molecule has 0 aromatic heterocycles. The second kappa shape index (κ2) is 8.60. The Balaban J connectivity index is 1.84. The minimum absolute atomic E-state index is 0.0982. The van der Waals surface area contributed by atoms with Crippen LogP contribution in [0.15, 0.2) is 24.3 Å². The molecule has 0 spiro atoms. The maximum absolute atomic E-state index is 12.2. The van der Waals surface area contributed by atoms with E-state index in [9.17, 15) is 9.59 Å². The van der Waals surface area contributed by atoms with Gasteiger partial charge in [-0.25, -0.2) is 4.79 Å². The predicted molar refractivity (Wildman–Crippen MR) is 96.2 cm³/mol. The summed E-state index contributed by atoms with van der Waals surface area (Å²) in [7, 11) is 3.29. The summed E-state index contributed by atoms with van der Waals surface area (Å²) in [4.78, 5) is 26.8. The smallest absolute Gasteiger partial charge is 0.317 e. The summed E-state index contributed by atoms with van der Waals surface area (Å²) in [6, 6.07) is 7.80. The lowest BCUT2D eigenvalue weighted by atomic mass is 10.0. The van der Waals surface area contributed by atoms with Crippen LogP contribution in [0.3, 0.4) is 0 Å². The van der Waals surface area contributed by atoms with Gasteiger partial charge in [0.15, 0.2) is 0 Å². The van der Waals surface area contributed by atoms with E-state index >= 15 is 0 Å². The van der Waals surface area contributed by atoms with E-state index in [2.05, 4.69) is 10.2 Å². The molecule has 1 aromatic rings. The fraction of sp³-hybridized carbons (Fsp3) is 0.556. The topological polar surface area (TPSA) is 82.1 Å². The van der Waals surface area contributed by atoms with Crippen molar-refractivity contribution in [2.24, 2.45) is 5.92 Å². The number of hydrogen-bond acceptors (Lipinski definition) is 4. The average Bonchev–Trinajstić information content (AvgIpc) is 2.62. The number of carbonyl (C=O) groups is 2. The van der Waals surface area contributed by atoms with Gasteiger partial charge in [-0.15, -0.1) is 0 Å². The Labute approximate surface area is 148 Å². The summed E-state index contributed by atoms with van der Waals surface area (Å²) in [5.74, 6) is -0.625. The molecule has 2 rings (SSSR count). The number of rotatable bonds is 6. The molecule has 7 nitrogen and oxygen atoms in total. The van der Waals surface area contributed by atoms with E-state index in [1.165, 1.54) is 4.90 Å². The van der Waals surface area contributed by atoms with Crippen molar-refractivity contribution in [2.75, 3.05) is 38.7 Å².